The lowest BCUT2D eigenvalue weighted by atomic mass is 9.70. The number of nitrogens with one attached hydrogen (secondary N) is 1. The average molecular weight is 283 g/mol. The van der Waals surface area contributed by atoms with Crippen molar-refractivity contribution >= 4 is 0 Å². The molecule has 118 valence electrons. The van der Waals surface area contributed by atoms with Crippen molar-refractivity contribution in [3.05, 3.63) is 0 Å². The number of hydrogen-bond donors (Lipinski definition) is 2. The number of rotatable bonds is 7. The van der Waals surface area contributed by atoms with Gasteiger partial charge >= 0.3 is 0 Å². The van der Waals surface area contributed by atoms with E-state index < -0.39 is 0 Å². The Balaban J connectivity index is 1.79. The molecule has 4 unspecified atom stereocenters. The summed E-state index contributed by atoms with van der Waals surface area (Å²) in [7, 11) is 1.91. The Bertz CT molecular complexity index is 338. The predicted molar refractivity (Wildman–Crippen MR) is 82.8 cm³/mol. The molecule has 0 saturated heterocycles. The molecule has 2 fully saturated rings. The van der Waals surface area contributed by atoms with Crippen LogP contribution in [-0.2, 0) is 4.74 Å². The van der Waals surface area contributed by atoms with Crippen LogP contribution < -0.4 is 5.32 Å². The van der Waals surface area contributed by atoms with Crippen molar-refractivity contribution in [2.45, 2.75) is 71.4 Å². The fraction of sp³-hybridized carbons (Fsp3) is 1.00. The van der Waals surface area contributed by atoms with Gasteiger partial charge in [0.2, 0.25) is 0 Å². The first-order chi connectivity index (χ1) is 9.29. The van der Waals surface area contributed by atoms with Crippen molar-refractivity contribution in [1.82, 2.24) is 5.32 Å². The van der Waals surface area contributed by atoms with Gasteiger partial charge in [0, 0.05) is 12.1 Å². The maximum absolute atomic E-state index is 9.39. The minimum atomic E-state index is -0.165. The Hall–Kier alpha value is -0.120. The Morgan fingerprint density at radius 3 is 2.50 bits per heavy atom. The highest BCUT2D eigenvalue weighted by molar-refractivity contribution is 5.11. The molecule has 0 aromatic rings. The molecule has 0 aromatic carbocycles. The van der Waals surface area contributed by atoms with Gasteiger partial charge < -0.3 is 15.2 Å². The van der Waals surface area contributed by atoms with Crippen LogP contribution >= 0.6 is 0 Å². The van der Waals surface area contributed by atoms with Crippen LogP contribution in [0.2, 0.25) is 0 Å². The zero-order valence-corrected chi connectivity index (χ0v) is 14.0. The van der Waals surface area contributed by atoms with Crippen molar-refractivity contribution in [1.29, 1.82) is 0 Å². The SMILES string of the molecule is CNC(C)(CO)CCCOC1CC2CCC1(C)C2(C)C. The van der Waals surface area contributed by atoms with Crippen LogP contribution in [-0.4, -0.2) is 37.0 Å². The summed E-state index contributed by atoms with van der Waals surface area (Å²) in [6.45, 7) is 10.3. The Morgan fingerprint density at radius 1 is 1.35 bits per heavy atom. The molecule has 20 heavy (non-hydrogen) atoms. The molecule has 2 rings (SSSR count). The number of ether oxygens (including phenoxy) is 1. The summed E-state index contributed by atoms with van der Waals surface area (Å²) in [6, 6.07) is 0. The Kier molecular flexibility index (Phi) is 4.54. The van der Waals surface area contributed by atoms with Gasteiger partial charge in [-0.3, -0.25) is 0 Å². The van der Waals surface area contributed by atoms with Crippen molar-refractivity contribution in [3.8, 4) is 0 Å². The van der Waals surface area contributed by atoms with Crippen molar-refractivity contribution in [2.24, 2.45) is 16.7 Å². The molecular weight excluding hydrogens is 250 g/mol. The second-order valence-corrected chi connectivity index (χ2v) is 8.04. The number of aliphatic hydroxyl groups is 1. The highest BCUT2D eigenvalue weighted by Gasteiger charge is 2.61. The van der Waals surface area contributed by atoms with E-state index in [1.165, 1.54) is 19.3 Å². The molecule has 0 amide bonds. The Morgan fingerprint density at radius 2 is 2.05 bits per heavy atom. The summed E-state index contributed by atoms with van der Waals surface area (Å²) in [5, 5.41) is 12.6. The van der Waals surface area contributed by atoms with E-state index in [0.717, 1.165) is 25.4 Å². The average Bonchev–Trinajstić information content (AvgIpc) is 2.76. The number of fused-ring (bicyclic) bond motifs is 2. The highest BCUT2D eigenvalue weighted by atomic mass is 16.5. The first-order valence-electron chi connectivity index (χ1n) is 8.20. The van der Waals surface area contributed by atoms with Gasteiger partial charge in [-0.15, -0.1) is 0 Å². The molecule has 0 spiro atoms. The minimum Gasteiger partial charge on any atom is -0.394 e. The summed E-state index contributed by atoms with van der Waals surface area (Å²) in [4.78, 5) is 0. The largest absolute Gasteiger partial charge is 0.394 e. The van der Waals surface area contributed by atoms with Crippen molar-refractivity contribution in [2.75, 3.05) is 20.3 Å². The van der Waals surface area contributed by atoms with Gasteiger partial charge in [-0.05, 0) is 62.8 Å². The molecule has 2 bridgehead atoms. The van der Waals surface area contributed by atoms with Crippen LogP contribution in [0.3, 0.4) is 0 Å². The number of likely N-dealkylation sites (N-methyl/N-ethyl adjacent to an activating group) is 1. The maximum Gasteiger partial charge on any atom is 0.0636 e. The van der Waals surface area contributed by atoms with E-state index in [1.807, 2.05) is 7.05 Å². The van der Waals surface area contributed by atoms with E-state index in [2.05, 4.69) is 33.0 Å². The van der Waals surface area contributed by atoms with Gasteiger partial charge in [0.1, 0.15) is 0 Å². The molecule has 3 heteroatoms. The Labute approximate surface area is 124 Å². The van der Waals surface area contributed by atoms with Gasteiger partial charge in [0.25, 0.3) is 0 Å². The van der Waals surface area contributed by atoms with Gasteiger partial charge in [-0.1, -0.05) is 20.8 Å². The molecular formula is C17H33NO2. The number of aliphatic hydroxyl groups excluding tert-OH is 1. The first kappa shape index (κ1) is 16.3. The number of hydrogen-bond acceptors (Lipinski definition) is 3. The highest BCUT2D eigenvalue weighted by Crippen LogP contribution is 2.66. The first-order valence-corrected chi connectivity index (χ1v) is 8.20. The molecule has 2 N–H and O–H groups in total. The van der Waals surface area contributed by atoms with Crippen molar-refractivity contribution in [3.63, 3.8) is 0 Å². The molecule has 2 saturated carbocycles. The lowest BCUT2D eigenvalue weighted by Gasteiger charge is -2.39. The fourth-order valence-electron chi connectivity index (χ4n) is 4.35. The molecule has 4 atom stereocenters. The van der Waals surface area contributed by atoms with Gasteiger partial charge in [0.15, 0.2) is 0 Å². The molecule has 0 radical (unpaired) electrons. The van der Waals surface area contributed by atoms with Crippen LogP contribution in [0.25, 0.3) is 0 Å². The predicted octanol–water partition coefficient (Wildman–Crippen LogP) is 2.97. The lowest BCUT2D eigenvalue weighted by molar-refractivity contribution is -0.0490. The summed E-state index contributed by atoms with van der Waals surface area (Å²) in [5.74, 6) is 0.845. The molecule has 3 nitrogen and oxygen atoms in total. The van der Waals surface area contributed by atoms with Crippen LogP contribution in [0.15, 0.2) is 0 Å². The summed E-state index contributed by atoms with van der Waals surface area (Å²) in [5.41, 5.74) is 0.629. The van der Waals surface area contributed by atoms with Crippen molar-refractivity contribution < 1.29 is 9.84 Å². The minimum absolute atomic E-state index is 0.165. The topological polar surface area (TPSA) is 41.5 Å². The molecule has 2 aliphatic rings. The quantitative estimate of drug-likeness (QED) is 0.706. The second kappa shape index (κ2) is 5.58. The zero-order chi connectivity index (χ0) is 15.0. The zero-order valence-electron chi connectivity index (χ0n) is 14.0. The van der Waals surface area contributed by atoms with Crippen LogP contribution in [0.1, 0.15) is 59.8 Å². The summed E-state index contributed by atoms with van der Waals surface area (Å²) in [6.07, 6.45) is 6.34. The fourth-order valence-corrected chi connectivity index (χ4v) is 4.35. The standard InChI is InChI=1S/C17H33NO2/c1-15(2)13-7-9-17(15,4)14(11-13)20-10-6-8-16(3,12-19)18-5/h13-14,18-19H,6-12H2,1-5H3. The van der Waals surface area contributed by atoms with E-state index in [1.54, 1.807) is 0 Å². The van der Waals surface area contributed by atoms with E-state index >= 15 is 0 Å². The third-order valence-electron chi connectivity index (χ3n) is 6.86. The third kappa shape index (κ3) is 2.53. The van der Waals surface area contributed by atoms with Crippen LogP contribution in [0.4, 0.5) is 0 Å². The van der Waals surface area contributed by atoms with E-state index in [-0.39, 0.29) is 12.1 Å². The lowest BCUT2D eigenvalue weighted by Crippen LogP contribution is -2.43. The van der Waals surface area contributed by atoms with E-state index in [9.17, 15) is 5.11 Å². The van der Waals surface area contributed by atoms with Gasteiger partial charge in [-0.2, -0.15) is 0 Å². The molecule has 0 aliphatic heterocycles. The summed E-state index contributed by atoms with van der Waals surface area (Å²) >= 11 is 0. The molecule has 2 aliphatic carbocycles. The maximum atomic E-state index is 9.39. The van der Waals surface area contributed by atoms with Crippen LogP contribution in [0, 0.1) is 16.7 Å². The monoisotopic (exact) mass is 283 g/mol. The van der Waals surface area contributed by atoms with Gasteiger partial charge in [0.05, 0.1) is 12.7 Å². The summed E-state index contributed by atoms with van der Waals surface area (Å²) < 4.78 is 6.25. The van der Waals surface area contributed by atoms with Gasteiger partial charge in [-0.25, -0.2) is 0 Å². The second-order valence-electron chi connectivity index (χ2n) is 8.04. The van der Waals surface area contributed by atoms with Crippen LogP contribution in [0.5, 0.6) is 0 Å². The molecule has 0 aromatic heterocycles. The van der Waals surface area contributed by atoms with E-state index in [4.69, 9.17) is 4.74 Å². The third-order valence-corrected chi connectivity index (χ3v) is 6.86. The van der Waals surface area contributed by atoms with E-state index in [0.29, 0.717) is 16.9 Å². The molecule has 0 heterocycles. The smallest absolute Gasteiger partial charge is 0.0636 e. The normalized spacial score (nSPS) is 38.1.